The quantitative estimate of drug-likeness (QED) is 0.473. The zero-order valence-electron chi connectivity index (χ0n) is 9.78. The lowest BCUT2D eigenvalue weighted by Gasteiger charge is -2.11. The minimum absolute atomic E-state index is 0.364. The lowest BCUT2D eigenvalue weighted by Crippen LogP contribution is -2.15. The van der Waals surface area contributed by atoms with E-state index in [4.69, 9.17) is 4.74 Å². The maximum Gasteiger partial charge on any atom is 0.341 e. The Morgan fingerprint density at radius 2 is 2.06 bits per heavy atom. The predicted octanol–water partition coefficient (Wildman–Crippen LogP) is 2.83. The van der Waals surface area contributed by atoms with Crippen molar-refractivity contribution >= 4 is 11.7 Å². The molecule has 0 heterocycles. The summed E-state index contributed by atoms with van der Waals surface area (Å²) >= 11 is 0. The molecular weight excluding hydrogens is 248 g/mol. The van der Waals surface area contributed by atoms with Gasteiger partial charge in [0.15, 0.2) is 0 Å². The molecule has 7 heteroatoms. The van der Waals surface area contributed by atoms with Crippen LogP contribution in [0.25, 0.3) is 0 Å². The van der Waals surface area contributed by atoms with E-state index >= 15 is 0 Å². The SMILES string of the molecule is CCC(C)OC(=O)c1cc(F)c([N+](=O)[O-])cc1F. The summed E-state index contributed by atoms with van der Waals surface area (Å²) in [4.78, 5) is 20.8. The van der Waals surface area contributed by atoms with Crippen LogP contribution in [0.1, 0.15) is 30.6 Å². The van der Waals surface area contributed by atoms with Gasteiger partial charge in [-0.3, -0.25) is 10.1 Å². The Balaban J connectivity index is 3.08. The normalized spacial score (nSPS) is 12.0. The van der Waals surface area contributed by atoms with Crippen molar-refractivity contribution in [3.63, 3.8) is 0 Å². The number of nitrogens with zero attached hydrogens (tertiary/aromatic N) is 1. The van der Waals surface area contributed by atoms with Crippen LogP contribution < -0.4 is 0 Å². The van der Waals surface area contributed by atoms with Gasteiger partial charge in [-0.05, 0) is 19.4 Å². The van der Waals surface area contributed by atoms with Crippen LogP contribution in [-0.2, 0) is 4.74 Å². The third kappa shape index (κ3) is 2.99. The molecule has 1 atom stereocenters. The van der Waals surface area contributed by atoms with Gasteiger partial charge >= 0.3 is 11.7 Å². The van der Waals surface area contributed by atoms with Gasteiger partial charge in [-0.1, -0.05) is 6.92 Å². The Hall–Kier alpha value is -2.05. The molecule has 0 bridgehead atoms. The molecule has 5 nitrogen and oxygen atoms in total. The Bertz CT molecular complexity index is 490. The van der Waals surface area contributed by atoms with Gasteiger partial charge in [0.2, 0.25) is 5.82 Å². The highest BCUT2D eigenvalue weighted by Gasteiger charge is 2.23. The Morgan fingerprint density at radius 3 is 2.56 bits per heavy atom. The van der Waals surface area contributed by atoms with Crippen molar-refractivity contribution in [2.75, 3.05) is 0 Å². The molecule has 0 aromatic heterocycles. The molecule has 18 heavy (non-hydrogen) atoms. The van der Waals surface area contributed by atoms with Crippen molar-refractivity contribution < 1.29 is 23.2 Å². The molecule has 1 unspecified atom stereocenters. The fourth-order valence-electron chi connectivity index (χ4n) is 1.16. The first-order valence-corrected chi connectivity index (χ1v) is 5.21. The molecule has 0 saturated carbocycles. The molecule has 0 aliphatic carbocycles. The first-order chi connectivity index (χ1) is 8.36. The number of carbonyl (C=O) groups excluding carboxylic acids is 1. The number of carbonyl (C=O) groups is 1. The van der Waals surface area contributed by atoms with Gasteiger partial charge in [-0.15, -0.1) is 0 Å². The molecule has 0 radical (unpaired) electrons. The van der Waals surface area contributed by atoms with Gasteiger partial charge in [0, 0.05) is 0 Å². The summed E-state index contributed by atoms with van der Waals surface area (Å²) in [6.07, 6.45) is 0.0678. The largest absolute Gasteiger partial charge is 0.459 e. The number of hydrogen-bond acceptors (Lipinski definition) is 4. The van der Waals surface area contributed by atoms with Crippen LogP contribution in [0.4, 0.5) is 14.5 Å². The smallest absolute Gasteiger partial charge is 0.341 e. The highest BCUT2D eigenvalue weighted by atomic mass is 19.1. The van der Waals surface area contributed by atoms with Crippen LogP contribution in [0.2, 0.25) is 0 Å². The Kier molecular flexibility index (Phi) is 4.30. The number of hydrogen-bond donors (Lipinski definition) is 0. The van der Waals surface area contributed by atoms with Crippen LogP contribution in [-0.4, -0.2) is 17.0 Å². The fourth-order valence-corrected chi connectivity index (χ4v) is 1.16. The minimum atomic E-state index is -1.28. The van der Waals surface area contributed by atoms with Gasteiger partial charge in [-0.25, -0.2) is 9.18 Å². The zero-order valence-corrected chi connectivity index (χ0v) is 9.78. The Labute approximate surface area is 102 Å². The third-order valence-electron chi connectivity index (χ3n) is 2.34. The van der Waals surface area contributed by atoms with E-state index in [2.05, 4.69) is 0 Å². The maximum atomic E-state index is 13.4. The van der Waals surface area contributed by atoms with Crippen molar-refractivity contribution in [2.45, 2.75) is 26.4 Å². The number of rotatable bonds is 4. The van der Waals surface area contributed by atoms with Crippen LogP contribution in [0.3, 0.4) is 0 Å². The molecule has 0 fully saturated rings. The third-order valence-corrected chi connectivity index (χ3v) is 2.34. The topological polar surface area (TPSA) is 69.4 Å². The highest BCUT2D eigenvalue weighted by Crippen LogP contribution is 2.22. The number of benzene rings is 1. The Morgan fingerprint density at radius 1 is 1.44 bits per heavy atom. The van der Waals surface area contributed by atoms with E-state index in [1.54, 1.807) is 13.8 Å². The minimum Gasteiger partial charge on any atom is -0.459 e. The van der Waals surface area contributed by atoms with Gasteiger partial charge < -0.3 is 4.74 Å². The second kappa shape index (κ2) is 5.52. The number of nitro groups is 1. The van der Waals surface area contributed by atoms with Crippen molar-refractivity contribution in [1.29, 1.82) is 0 Å². The summed E-state index contributed by atoms with van der Waals surface area (Å²) in [7, 11) is 0. The van der Waals surface area contributed by atoms with Gasteiger partial charge in [-0.2, -0.15) is 4.39 Å². The average molecular weight is 259 g/mol. The first kappa shape index (κ1) is 14.0. The summed E-state index contributed by atoms with van der Waals surface area (Å²) in [5.74, 6) is -3.51. The molecule has 1 aromatic rings. The molecule has 1 rings (SSSR count). The van der Waals surface area contributed by atoms with Gasteiger partial charge in [0.1, 0.15) is 5.82 Å². The first-order valence-electron chi connectivity index (χ1n) is 5.21. The van der Waals surface area contributed by atoms with Crippen molar-refractivity contribution in [2.24, 2.45) is 0 Å². The monoisotopic (exact) mass is 259 g/mol. The van der Waals surface area contributed by atoms with Crippen molar-refractivity contribution in [1.82, 2.24) is 0 Å². The van der Waals surface area contributed by atoms with Crippen molar-refractivity contribution in [3.8, 4) is 0 Å². The molecular formula is C11H11F2NO4. The summed E-state index contributed by atoms with van der Waals surface area (Å²) in [5.41, 5.74) is -1.68. The van der Waals surface area contributed by atoms with Gasteiger partial charge in [0.25, 0.3) is 0 Å². The van der Waals surface area contributed by atoms with E-state index in [1.807, 2.05) is 0 Å². The average Bonchev–Trinajstić information content (AvgIpc) is 2.30. The van der Waals surface area contributed by atoms with E-state index in [0.29, 0.717) is 18.6 Å². The number of nitro benzene ring substituents is 1. The summed E-state index contributed by atoms with van der Waals surface area (Å²) < 4.78 is 31.5. The van der Waals surface area contributed by atoms with E-state index in [9.17, 15) is 23.7 Å². The molecule has 0 aliphatic heterocycles. The highest BCUT2D eigenvalue weighted by molar-refractivity contribution is 5.90. The standard InChI is InChI=1S/C11H11F2NO4/c1-3-6(2)18-11(15)7-4-9(13)10(14(16)17)5-8(7)12/h4-6H,3H2,1-2H3. The van der Waals surface area contributed by atoms with Crippen molar-refractivity contribution in [3.05, 3.63) is 39.4 Å². The summed E-state index contributed by atoms with van der Waals surface area (Å²) in [6.45, 7) is 3.35. The zero-order chi connectivity index (χ0) is 13.9. The molecule has 0 N–H and O–H groups in total. The predicted molar refractivity (Wildman–Crippen MR) is 58.2 cm³/mol. The molecule has 0 spiro atoms. The lowest BCUT2D eigenvalue weighted by molar-refractivity contribution is -0.387. The van der Waals surface area contributed by atoms with Crippen LogP contribution in [0.5, 0.6) is 0 Å². The van der Waals surface area contributed by atoms with Crippen LogP contribution in [0, 0.1) is 21.7 Å². The second-order valence-corrected chi connectivity index (χ2v) is 3.66. The van der Waals surface area contributed by atoms with E-state index in [0.717, 1.165) is 0 Å². The second-order valence-electron chi connectivity index (χ2n) is 3.66. The van der Waals surface area contributed by atoms with E-state index < -0.39 is 39.9 Å². The number of halogens is 2. The molecule has 1 aromatic carbocycles. The number of esters is 1. The molecule has 0 amide bonds. The molecule has 0 aliphatic rings. The van der Waals surface area contributed by atoms with Gasteiger partial charge in [0.05, 0.1) is 22.7 Å². The van der Waals surface area contributed by atoms with E-state index in [-0.39, 0.29) is 0 Å². The fraction of sp³-hybridized carbons (Fsp3) is 0.364. The van der Waals surface area contributed by atoms with Crippen LogP contribution in [0.15, 0.2) is 12.1 Å². The van der Waals surface area contributed by atoms with Crippen LogP contribution >= 0.6 is 0 Å². The lowest BCUT2D eigenvalue weighted by atomic mass is 10.2. The summed E-state index contributed by atoms with van der Waals surface area (Å²) in [5, 5.41) is 10.4. The molecule has 98 valence electrons. The maximum absolute atomic E-state index is 13.4. The molecule has 0 saturated heterocycles. The number of ether oxygens (including phenoxy) is 1. The summed E-state index contributed by atoms with van der Waals surface area (Å²) in [6, 6.07) is 0.834. The van der Waals surface area contributed by atoms with E-state index in [1.165, 1.54) is 0 Å².